The molecule has 0 amide bonds. The topological polar surface area (TPSA) is 17.1 Å². The predicted molar refractivity (Wildman–Crippen MR) is 70.1 cm³/mol. The van der Waals surface area contributed by atoms with Crippen LogP contribution in [0.2, 0.25) is 0 Å². The Morgan fingerprint density at radius 1 is 0.706 bits per heavy atom. The SMILES string of the molecule is O=CCc1ccc(CCc2ccccc2)cc1. The van der Waals surface area contributed by atoms with Gasteiger partial charge in [0, 0.05) is 6.42 Å². The smallest absolute Gasteiger partial charge is 0.124 e. The van der Waals surface area contributed by atoms with Crippen LogP contribution >= 0.6 is 0 Å². The van der Waals surface area contributed by atoms with Crippen molar-refractivity contribution in [3.63, 3.8) is 0 Å². The van der Waals surface area contributed by atoms with Gasteiger partial charge in [-0.15, -0.1) is 0 Å². The van der Waals surface area contributed by atoms with E-state index in [1.165, 1.54) is 11.1 Å². The minimum absolute atomic E-state index is 0.513. The predicted octanol–water partition coefficient (Wildman–Crippen LogP) is 3.21. The summed E-state index contributed by atoms with van der Waals surface area (Å²) in [5.74, 6) is 0. The molecule has 0 unspecified atom stereocenters. The summed E-state index contributed by atoms with van der Waals surface area (Å²) in [5.41, 5.74) is 3.77. The Hall–Kier alpha value is -1.89. The first-order valence-electron chi connectivity index (χ1n) is 5.94. The third kappa shape index (κ3) is 3.56. The molecule has 0 N–H and O–H groups in total. The molecule has 0 saturated heterocycles. The quantitative estimate of drug-likeness (QED) is 0.713. The lowest BCUT2D eigenvalue weighted by Gasteiger charge is -2.03. The van der Waals surface area contributed by atoms with Crippen molar-refractivity contribution in [3.8, 4) is 0 Å². The van der Waals surface area contributed by atoms with Crippen molar-refractivity contribution in [1.82, 2.24) is 0 Å². The lowest BCUT2D eigenvalue weighted by atomic mass is 10.0. The van der Waals surface area contributed by atoms with Gasteiger partial charge in [0.15, 0.2) is 0 Å². The second-order valence-corrected chi connectivity index (χ2v) is 4.17. The van der Waals surface area contributed by atoms with Crippen LogP contribution < -0.4 is 0 Å². The van der Waals surface area contributed by atoms with Gasteiger partial charge < -0.3 is 4.79 Å². The molecule has 1 nitrogen and oxygen atoms in total. The van der Waals surface area contributed by atoms with Gasteiger partial charge >= 0.3 is 0 Å². The molecule has 0 aliphatic rings. The first-order valence-corrected chi connectivity index (χ1v) is 5.94. The molecule has 0 atom stereocenters. The van der Waals surface area contributed by atoms with E-state index in [2.05, 4.69) is 36.4 Å². The van der Waals surface area contributed by atoms with Crippen molar-refractivity contribution in [2.75, 3.05) is 0 Å². The Bertz CT molecular complexity index is 457. The molecule has 17 heavy (non-hydrogen) atoms. The highest BCUT2D eigenvalue weighted by atomic mass is 16.1. The van der Waals surface area contributed by atoms with Crippen LogP contribution in [0.1, 0.15) is 16.7 Å². The summed E-state index contributed by atoms with van der Waals surface area (Å²) < 4.78 is 0. The highest BCUT2D eigenvalue weighted by Gasteiger charge is 1.96. The minimum atomic E-state index is 0.513. The molecule has 0 aliphatic carbocycles. The third-order valence-corrected chi connectivity index (χ3v) is 2.89. The molecule has 0 bridgehead atoms. The zero-order chi connectivity index (χ0) is 11.9. The number of carbonyl (C=O) groups excluding carboxylic acids is 1. The Morgan fingerprint density at radius 3 is 1.82 bits per heavy atom. The molecule has 0 spiro atoms. The van der Waals surface area contributed by atoms with Gasteiger partial charge in [0.05, 0.1) is 0 Å². The van der Waals surface area contributed by atoms with E-state index < -0.39 is 0 Å². The summed E-state index contributed by atoms with van der Waals surface area (Å²) in [5, 5.41) is 0. The van der Waals surface area contributed by atoms with Gasteiger partial charge in [-0.05, 0) is 29.5 Å². The molecular formula is C16H16O. The van der Waals surface area contributed by atoms with Gasteiger partial charge in [-0.2, -0.15) is 0 Å². The van der Waals surface area contributed by atoms with Gasteiger partial charge in [-0.1, -0.05) is 54.6 Å². The zero-order valence-corrected chi connectivity index (χ0v) is 9.80. The van der Waals surface area contributed by atoms with Crippen LogP contribution in [-0.4, -0.2) is 6.29 Å². The molecule has 0 radical (unpaired) electrons. The van der Waals surface area contributed by atoms with E-state index >= 15 is 0 Å². The Labute approximate surface area is 102 Å². The molecule has 86 valence electrons. The van der Waals surface area contributed by atoms with E-state index in [1.54, 1.807) is 0 Å². The van der Waals surface area contributed by atoms with Gasteiger partial charge in [0.2, 0.25) is 0 Å². The van der Waals surface area contributed by atoms with Gasteiger partial charge in [-0.3, -0.25) is 0 Å². The number of aldehydes is 1. The second-order valence-electron chi connectivity index (χ2n) is 4.17. The number of benzene rings is 2. The van der Waals surface area contributed by atoms with Crippen molar-refractivity contribution in [1.29, 1.82) is 0 Å². The molecule has 2 rings (SSSR count). The number of carbonyl (C=O) groups is 1. The van der Waals surface area contributed by atoms with Crippen molar-refractivity contribution in [3.05, 3.63) is 71.3 Å². The van der Waals surface area contributed by atoms with E-state index in [1.807, 2.05) is 18.2 Å². The highest BCUT2D eigenvalue weighted by Crippen LogP contribution is 2.09. The Balaban J connectivity index is 1.93. The van der Waals surface area contributed by atoms with Gasteiger partial charge in [-0.25, -0.2) is 0 Å². The summed E-state index contributed by atoms with van der Waals surface area (Å²) in [6.07, 6.45) is 3.57. The molecule has 2 aromatic rings. The summed E-state index contributed by atoms with van der Waals surface area (Å²) >= 11 is 0. The lowest BCUT2D eigenvalue weighted by Crippen LogP contribution is -1.92. The molecule has 0 saturated carbocycles. The fraction of sp³-hybridized carbons (Fsp3) is 0.188. The minimum Gasteiger partial charge on any atom is -0.303 e. The molecule has 1 heteroatoms. The first kappa shape index (κ1) is 11.6. The number of rotatable bonds is 5. The maximum Gasteiger partial charge on any atom is 0.124 e. The van der Waals surface area contributed by atoms with Crippen molar-refractivity contribution in [2.45, 2.75) is 19.3 Å². The molecule has 0 heterocycles. The van der Waals surface area contributed by atoms with Crippen molar-refractivity contribution < 1.29 is 4.79 Å². The van der Waals surface area contributed by atoms with E-state index in [0.717, 1.165) is 24.7 Å². The Morgan fingerprint density at radius 2 is 1.24 bits per heavy atom. The van der Waals surface area contributed by atoms with Crippen molar-refractivity contribution in [2.24, 2.45) is 0 Å². The van der Waals surface area contributed by atoms with Crippen LogP contribution in [0.3, 0.4) is 0 Å². The average molecular weight is 224 g/mol. The zero-order valence-electron chi connectivity index (χ0n) is 9.80. The van der Waals surface area contributed by atoms with Crippen LogP contribution in [0.5, 0.6) is 0 Å². The fourth-order valence-corrected chi connectivity index (χ4v) is 1.87. The summed E-state index contributed by atoms with van der Waals surface area (Å²) in [6.45, 7) is 0. The standard InChI is InChI=1S/C16H16O/c17-13-12-16-10-8-15(9-11-16)7-6-14-4-2-1-3-5-14/h1-5,8-11,13H,6-7,12H2. The fourth-order valence-electron chi connectivity index (χ4n) is 1.87. The van der Waals surface area contributed by atoms with E-state index in [0.29, 0.717) is 6.42 Å². The molecule has 0 fully saturated rings. The van der Waals surface area contributed by atoms with Crippen LogP contribution in [0.25, 0.3) is 0 Å². The van der Waals surface area contributed by atoms with Gasteiger partial charge in [0.1, 0.15) is 6.29 Å². The average Bonchev–Trinajstić information content (AvgIpc) is 2.40. The number of hydrogen-bond acceptors (Lipinski definition) is 1. The first-order chi connectivity index (χ1) is 8.38. The van der Waals surface area contributed by atoms with Crippen LogP contribution in [-0.2, 0) is 24.1 Å². The molecule has 0 aromatic heterocycles. The van der Waals surface area contributed by atoms with E-state index in [9.17, 15) is 4.79 Å². The van der Waals surface area contributed by atoms with Gasteiger partial charge in [0.25, 0.3) is 0 Å². The monoisotopic (exact) mass is 224 g/mol. The molecule has 0 aliphatic heterocycles. The van der Waals surface area contributed by atoms with Crippen LogP contribution in [0.15, 0.2) is 54.6 Å². The van der Waals surface area contributed by atoms with Crippen LogP contribution in [0.4, 0.5) is 0 Å². The van der Waals surface area contributed by atoms with Crippen molar-refractivity contribution >= 4 is 6.29 Å². The van der Waals surface area contributed by atoms with Crippen LogP contribution in [0, 0.1) is 0 Å². The van der Waals surface area contributed by atoms with E-state index in [4.69, 9.17) is 0 Å². The number of aryl methyl sites for hydroxylation is 2. The summed E-state index contributed by atoms with van der Waals surface area (Å²) in [4.78, 5) is 10.4. The molecular weight excluding hydrogens is 208 g/mol. The maximum absolute atomic E-state index is 10.4. The van der Waals surface area contributed by atoms with E-state index in [-0.39, 0.29) is 0 Å². The summed E-state index contributed by atoms with van der Waals surface area (Å²) in [7, 11) is 0. The normalized spacial score (nSPS) is 10.1. The summed E-state index contributed by atoms with van der Waals surface area (Å²) in [6, 6.07) is 18.8. The maximum atomic E-state index is 10.4. The Kier molecular flexibility index (Phi) is 4.09. The lowest BCUT2D eigenvalue weighted by molar-refractivity contribution is -0.107. The highest BCUT2D eigenvalue weighted by molar-refractivity contribution is 5.54. The largest absolute Gasteiger partial charge is 0.303 e. The molecule has 2 aromatic carbocycles. The third-order valence-electron chi connectivity index (χ3n) is 2.89. The number of hydrogen-bond donors (Lipinski definition) is 0. The second kappa shape index (κ2) is 6.00.